The van der Waals surface area contributed by atoms with Crippen molar-refractivity contribution in [3.05, 3.63) is 47.3 Å². The summed E-state index contributed by atoms with van der Waals surface area (Å²) in [5.74, 6) is 1.27. The first-order valence-electron chi connectivity index (χ1n) is 5.96. The molecule has 0 aliphatic heterocycles. The smallest absolute Gasteiger partial charge is 0.142 e. The van der Waals surface area contributed by atoms with Gasteiger partial charge in [-0.05, 0) is 38.5 Å². The van der Waals surface area contributed by atoms with Gasteiger partial charge < -0.3 is 10.1 Å². The average molecular weight is 279 g/mol. The van der Waals surface area contributed by atoms with E-state index in [0.29, 0.717) is 16.6 Å². The molecule has 4 heteroatoms. The zero-order valence-corrected chi connectivity index (χ0v) is 12.5. The van der Waals surface area contributed by atoms with E-state index >= 15 is 0 Å². The number of hydrogen-bond donors (Lipinski definition) is 1. The van der Waals surface area contributed by atoms with Crippen LogP contribution in [0.5, 0.6) is 5.75 Å². The van der Waals surface area contributed by atoms with Crippen LogP contribution in [0.25, 0.3) is 0 Å². The molecule has 0 radical (unpaired) electrons. The van der Waals surface area contributed by atoms with Crippen LogP contribution in [0.3, 0.4) is 0 Å². The Morgan fingerprint density at radius 1 is 1.47 bits per heavy atom. The number of aryl methyl sites for hydroxylation is 1. The monoisotopic (exact) mass is 278 g/mol. The van der Waals surface area contributed by atoms with Crippen molar-refractivity contribution in [1.82, 2.24) is 0 Å². The summed E-state index contributed by atoms with van der Waals surface area (Å²) in [6.07, 6.45) is 1.79. The molecule has 0 saturated heterocycles. The second-order valence-electron chi connectivity index (χ2n) is 4.11. The molecule has 1 aromatic carbocycles. The highest BCUT2D eigenvalue weighted by Crippen LogP contribution is 2.26. The van der Waals surface area contributed by atoms with E-state index in [1.807, 2.05) is 39.0 Å². The Hall–Kier alpha value is -1.74. The summed E-state index contributed by atoms with van der Waals surface area (Å²) in [4.78, 5) is 4.30. The van der Waals surface area contributed by atoms with Crippen LogP contribution >= 0.6 is 11.6 Å². The van der Waals surface area contributed by atoms with E-state index in [-0.39, 0.29) is 0 Å². The van der Waals surface area contributed by atoms with E-state index in [9.17, 15) is 0 Å². The van der Waals surface area contributed by atoms with Gasteiger partial charge in [0, 0.05) is 0 Å². The average Bonchev–Trinajstić information content (AvgIpc) is 2.39. The highest BCUT2D eigenvalue weighted by molar-refractivity contribution is 6.43. The fourth-order valence-corrected chi connectivity index (χ4v) is 1.59. The van der Waals surface area contributed by atoms with Crippen LogP contribution in [0.4, 0.5) is 5.69 Å². The molecule has 0 saturated carbocycles. The summed E-state index contributed by atoms with van der Waals surface area (Å²) in [5, 5.41) is 3.72. The van der Waals surface area contributed by atoms with Gasteiger partial charge in [0.15, 0.2) is 0 Å². The van der Waals surface area contributed by atoms with Gasteiger partial charge in [0.25, 0.3) is 0 Å². The van der Waals surface area contributed by atoms with Gasteiger partial charge in [-0.3, -0.25) is 0 Å². The second kappa shape index (κ2) is 7.00. The zero-order chi connectivity index (χ0) is 14.4. The van der Waals surface area contributed by atoms with Gasteiger partial charge in [-0.25, -0.2) is 4.99 Å². The fraction of sp³-hybridized carbons (Fsp3) is 0.267. The van der Waals surface area contributed by atoms with E-state index in [0.717, 1.165) is 17.0 Å². The number of nitrogens with one attached hydrogen (secondary N) is 1. The lowest BCUT2D eigenvalue weighted by Gasteiger charge is -2.12. The van der Waals surface area contributed by atoms with Crippen LogP contribution in [0.1, 0.15) is 19.4 Å². The number of allylic oxidation sites excluding steroid dienone is 2. The van der Waals surface area contributed by atoms with Gasteiger partial charge >= 0.3 is 0 Å². The molecule has 0 spiro atoms. The van der Waals surface area contributed by atoms with Gasteiger partial charge in [-0.1, -0.05) is 30.3 Å². The molecule has 102 valence electrons. The highest BCUT2D eigenvalue weighted by atomic mass is 35.5. The highest BCUT2D eigenvalue weighted by Gasteiger charge is 2.04. The van der Waals surface area contributed by atoms with Crippen LogP contribution in [0.2, 0.25) is 0 Å². The minimum atomic E-state index is 0.514. The first-order chi connectivity index (χ1) is 8.97. The van der Waals surface area contributed by atoms with Crippen molar-refractivity contribution in [3.8, 4) is 5.75 Å². The fourth-order valence-electron chi connectivity index (χ4n) is 1.55. The van der Waals surface area contributed by atoms with Crippen LogP contribution in [0.15, 0.2) is 46.7 Å². The van der Waals surface area contributed by atoms with Crippen molar-refractivity contribution >= 4 is 23.0 Å². The Labute approximate surface area is 119 Å². The molecule has 0 aliphatic carbocycles. The van der Waals surface area contributed by atoms with Crippen LogP contribution < -0.4 is 10.1 Å². The molecule has 0 unspecified atom stereocenters. The lowest BCUT2D eigenvalue weighted by Crippen LogP contribution is -2.01. The molecule has 0 aromatic heterocycles. The van der Waals surface area contributed by atoms with Crippen molar-refractivity contribution in [2.75, 3.05) is 12.4 Å². The molecule has 0 fully saturated rings. The molecule has 3 nitrogen and oxygen atoms in total. The standard InChI is InChI=1S/C15H19ClN2O/c1-6-13(16)11(3)17-12(4)18-14-8-7-10(2)9-15(14)19-5/h6-9,18H,4H2,1-3,5H3/b13-6+,17-11?. The Morgan fingerprint density at radius 2 is 2.16 bits per heavy atom. The number of methoxy groups -OCH3 is 1. The Kier molecular flexibility index (Phi) is 5.64. The lowest BCUT2D eigenvalue weighted by atomic mass is 10.2. The van der Waals surface area contributed by atoms with Gasteiger partial charge in [0.05, 0.1) is 23.5 Å². The Balaban J connectivity index is 2.89. The van der Waals surface area contributed by atoms with E-state index in [4.69, 9.17) is 16.3 Å². The van der Waals surface area contributed by atoms with E-state index < -0.39 is 0 Å². The number of ether oxygens (including phenoxy) is 1. The number of rotatable bonds is 5. The molecule has 1 aromatic rings. The molecule has 1 N–H and O–H groups in total. The van der Waals surface area contributed by atoms with Crippen LogP contribution in [0, 0.1) is 6.92 Å². The van der Waals surface area contributed by atoms with Crippen molar-refractivity contribution in [2.45, 2.75) is 20.8 Å². The third-order valence-corrected chi connectivity index (χ3v) is 3.03. The topological polar surface area (TPSA) is 33.6 Å². The predicted molar refractivity (Wildman–Crippen MR) is 83.2 cm³/mol. The van der Waals surface area contributed by atoms with E-state index in [1.165, 1.54) is 0 Å². The Morgan fingerprint density at radius 3 is 2.74 bits per heavy atom. The van der Waals surface area contributed by atoms with Crippen molar-refractivity contribution in [2.24, 2.45) is 4.99 Å². The first-order valence-corrected chi connectivity index (χ1v) is 6.33. The zero-order valence-electron chi connectivity index (χ0n) is 11.7. The number of benzene rings is 1. The number of nitrogens with zero attached hydrogens (tertiary/aromatic N) is 1. The third-order valence-electron chi connectivity index (χ3n) is 2.54. The minimum Gasteiger partial charge on any atom is -0.495 e. The Bertz CT molecular complexity index is 533. The molecule has 0 bridgehead atoms. The summed E-state index contributed by atoms with van der Waals surface area (Å²) >= 11 is 5.98. The maximum atomic E-state index is 5.98. The summed E-state index contributed by atoms with van der Waals surface area (Å²) in [6, 6.07) is 5.88. The quantitative estimate of drug-likeness (QED) is 0.805. The van der Waals surface area contributed by atoms with E-state index in [1.54, 1.807) is 13.2 Å². The maximum Gasteiger partial charge on any atom is 0.142 e. The molecule has 19 heavy (non-hydrogen) atoms. The van der Waals surface area contributed by atoms with Gasteiger partial charge in [0.2, 0.25) is 0 Å². The molecular weight excluding hydrogens is 260 g/mol. The summed E-state index contributed by atoms with van der Waals surface area (Å²) < 4.78 is 5.31. The normalized spacial score (nSPS) is 12.3. The van der Waals surface area contributed by atoms with Crippen LogP contribution in [-0.2, 0) is 0 Å². The summed E-state index contributed by atoms with van der Waals surface area (Å²) in [6.45, 7) is 9.57. The van der Waals surface area contributed by atoms with Crippen molar-refractivity contribution < 1.29 is 4.74 Å². The predicted octanol–water partition coefficient (Wildman–Crippen LogP) is 4.49. The van der Waals surface area contributed by atoms with Crippen molar-refractivity contribution in [1.29, 1.82) is 0 Å². The second-order valence-corrected chi connectivity index (χ2v) is 4.52. The molecule has 0 heterocycles. The van der Waals surface area contributed by atoms with Gasteiger partial charge in [0.1, 0.15) is 11.6 Å². The maximum absolute atomic E-state index is 5.98. The largest absolute Gasteiger partial charge is 0.495 e. The summed E-state index contributed by atoms with van der Waals surface area (Å²) in [7, 11) is 1.63. The van der Waals surface area contributed by atoms with Crippen molar-refractivity contribution in [3.63, 3.8) is 0 Å². The molecule has 0 atom stereocenters. The van der Waals surface area contributed by atoms with E-state index in [2.05, 4.69) is 16.9 Å². The molecule has 0 amide bonds. The summed E-state index contributed by atoms with van der Waals surface area (Å²) in [5.41, 5.74) is 2.67. The number of halogens is 1. The molecular formula is C15H19ClN2O. The third kappa shape index (κ3) is 4.45. The molecule has 1 rings (SSSR count). The SMILES string of the molecule is C=C(N=C(C)/C(Cl)=C\C)Nc1ccc(C)cc1OC. The van der Waals surface area contributed by atoms with Crippen LogP contribution in [-0.4, -0.2) is 12.8 Å². The molecule has 0 aliphatic rings. The van der Waals surface area contributed by atoms with Gasteiger partial charge in [-0.2, -0.15) is 0 Å². The minimum absolute atomic E-state index is 0.514. The lowest BCUT2D eigenvalue weighted by molar-refractivity contribution is 0.416. The first kappa shape index (κ1) is 15.3. The number of aliphatic imine (C=N–C) groups is 1. The number of hydrogen-bond acceptors (Lipinski definition) is 3. The number of anilines is 1. The van der Waals surface area contributed by atoms with Gasteiger partial charge in [-0.15, -0.1) is 0 Å².